The number of hydrogen-bond donors (Lipinski definition) is 1. The summed E-state index contributed by atoms with van der Waals surface area (Å²) in [7, 11) is 0.0936. The maximum absolute atomic E-state index is 12.4. The molecular formula is C21H29IN4O3S. The van der Waals surface area contributed by atoms with E-state index in [1.54, 1.807) is 38.4 Å². The van der Waals surface area contributed by atoms with Gasteiger partial charge in [-0.3, -0.25) is 4.99 Å². The van der Waals surface area contributed by atoms with Gasteiger partial charge in [0.15, 0.2) is 15.8 Å². The van der Waals surface area contributed by atoms with Crippen LogP contribution >= 0.6 is 24.0 Å². The molecule has 1 aliphatic rings. The summed E-state index contributed by atoms with van der Waals surface area (Å²) in [6.45, 7) is 3.65. The Labute approximate surface area is 196 Å². The Bertz CT molecular complexity index is 930. The Morgan fingerprint density at radius 2 is 1.77 bits per heavy atom. The highest BCUT2D eigenvalue weighted by molar-refractivity contribution is 14.0. The Balaban J connectivity index is 0.00000320. The molecule has 1 fully saturated rings. The second kappa shape index (κ2) is 11.4. The SMILES string of the molecule is CN=C(NCCS(=O)(=O)c1ccccc1)N1CCN(c2cccc(OC)c2)CC1.I. The van der Waals surface area contributed by atoms with Crippen molar-refractivity contribution in [3.05, 3.63) is 54.6 Å². The van der Waals surface area contributed by atoms with E-state index in [0.717, 1.165) is 43.6 Å². The van der Waals surface area contributed by atoms with Crippen LogP contribution in [0, 0.1) is 0 Å². The van der Waals surface area contributed by atoms with E-state index in [0.29, 0.717) is 11.4 Å². The molecule has 3 rings (SSSR count). The molecule has 0 amide bonds. The first-order valence-electron chi connectivity index (χ1n) is 9.66. The highest BCUT2D eigenvalue weighted by atomic mass is 127. The van der Waals surface area contributed by atoms with Gasteiger partial charge in [-0.05, 0) is 24.3 Å². The van der Waals surface area contributed by atoms with Gasteiger partial charge >= 0.3 is 0 Å². The average molecular weight is 544 g/mol. The smallest absolute Gasteiger partial charge is 0.193 e. The van der Waals surface area contributed by atoms with E-state index in [4.69, 9.17) is 4.74 Å². The molecule has 1 saturated heterocycles. The van der Waals surface area contributed by atoms with E-state index in [1.165, 1.54) is 0 Å². The first-order chi connectivity index (χ1) is 14.0. The minimum atomic E-state index is -3.30. The number of guanidine groups is 1. The Morgan fingerprint density at radius 3 is 2.40 bits per heavy atom. The van der Waals surface area contributed by atoms with Gasteiger partial charge in [-0.1, -0.05) is 24.3 Å². The molecule has 0 bridgehead atoms. The molecule has 0 unspecified atom stereocenters. The predicted octanol–water partition coefficient (Wildman–Crippen LogP) is 2.48. The van der Waals surface area contributed by atoms with Crippen LogP contribution in [0.2, 0.25) is 0 Å². The Kier molecular flexibility index (Phi) is 9.22. The lowest BCUT2D eigenvalue weighted by atomic mass is 10.2. The third-order valence-corrected chi connectivity index (χ3v) is 6.70. The zero-order valence-corrected chi connectivity index (χ0v) is 20.5. The zero-order chi connectivity index (χ0) is 20.7. The van der Waals surface area contributed by atoms with Crippen LogP contribution < -0.4 is 15.0 Å². The normalized spacial score (nSPS) is 14.8. The van der Waals surface area contributed by atoms with Crippen molar-refractivity contribution < 1.29 is 13.2 Å². The van der Waals surface area contributed by atoms with Crippen LogP contribution in [-0.4, -0.2) is 71.9 Å². The molecule has 0 aliphatic carbocycles. The highest BCUT2D eigenvalue weighted by Gasteiger charge is 2.21. The summed E-state index contributed by atoms with van der Waals surface area (Å²) in [5.41, 5.74) is 1.14. The first kappa shape index (κ1) is 24.3. The molecule has 2 aromatic rings. The topological polar surface area (TPSA) is 74.2 Å². The summed E-state index contributed by atoms with van der Waals surface area (Å²) in [6, 6.07) is 16.6. The number of aliphatic imine (C=N–C) groups is 1. The summed E-state index contributed by atoms with van der Waals surface area (Å²) in [6.07, 6.45) is 0. The van der Waals surface area contributed by atoms with Crippen LogP contribution in [0.3, 0.4) is 0 Å². The van der Waals surface area contributed by atoms with E-state index >= 15 is 0 Å². The molecule has 164 valence electrons. The fourth-order valence-corrected chi connectivity index (χ4v) is 4.54. The molecule has 2 aromatic carbocycles. The maximum atomic E-state index is 12.4. The van der Waals surface area contributed by atoms with E-state index < -0.39 is 9.84 Å². The largest absolute Gasteiger partial charge is 0.497 e. The number of hydrogen-bond acceptors (Lipinski definition) is 5. The molecule has 9 heteroatoms. The van der Waals surface area contributed by atoms with Crippen LogP contribution in [0.25, 0.3) is 0 Å². The zero-order valence-electron chi connectivity index (χ0n) is 17.3. The standard InChI is InChI=1S/C21H28N4O3S.HI/c1-22-21(23-11-16-29(26,27)20-9-4-3-5-10-20)25-14-12-24(13-15-25)18-7-6-8-19(17-18)28-2;/h3-10,17H,11-16H2,1-2H3,(H,22,23);1H. The summed E-state index contributed by atoms with van der Waals surface area (Å²) in [4.78, 5) is 9.15. The molecule has 0 radical (unpaired) electrons. The monoisotopic (exact) mass is 544 g/mol. The van der Waals surface area contributed by atoms with Crippen molar-refractivity contribution >= 4 is 45.5 Å². The molecule has 1 N–H and O–H groups in total. The lowest BCUT2D eigenvalue weighted by Gasteiger charge is -2.37. The molecule has 0 aromatic heterocycles. The van der Waals surface area contributed by atoms with Gasteiger partial charge in [-0.2, -0.15) is 0 Å². The first-order valence-corrected chi connectivity index (χ1v) is 11.3. The summed E-state index contributed by atoms with van der Waals surface area (Å²) < 4.78 is 30.2. The molecule has 0 spiro atoms. The minimum Gasteiger partial charge on any atom is -0.497 e. The number of piperazine rings is 1. The predicted molar refractivity (Wildman–Crippen MR) is 132 cm³/mol. The number of halogens is 1. The van der Waals surface area contributed by atoms with Crippen molar-refractivity contribution in [2.24, 2.45) is 4.99 Å². The number of rotatable bonds is 6. The van der Waals surface area contributed by atoms with Crippen molar-refractivity contribution in [2.45, 2.75) is 4.90 Å². The number of benzene rings is 2. The van der Waals surface area contributed by atoms with Crippen molar-refractivity contribution in [3.8, 4) is 5.75 Å². The van der Waals surface area contributed by atoms with Gasteiger partial charge in [0.1, 0.15) is 5.75 Å². The van der Waals surface area contributed by atoms with Gasteiger partial charge < -0.3 is 19.9 Å². The second-order valence-corrected chi connectivity index (χ2v) is 8.89. The van der Waals surface area contributed by atoms with Crippen LogP contribution in [0.15, 0.2) is 64.5 Å². The Hall–Kier alpha value is -2.01. The van der Waals surface area contributed by atoms with Gasteiger partial charge in [0.2, 0.25) is 0 Å². The molecule has 1 heterocycles. The molecule has 1 aliphatic heterocycles. The summed E-state index contributed by atoms with van der Waals surface area (Å²) in [5.74, 6) is 1.61. The van der Waals surface area contributed by atoms with Crippen molar-refractivity contribution in [1.29, 1.82) is 0 Å². The second-order valence-electron chi connectivity index (χ2n) is 6.78. The number of ether oxygens (including phenoxy) is 1. The maximum Gasteiger partial charge on any atom is 0.193 e. The summed E-state index contributed by atoms with van der Waals surface area (Å²) >= 11 is 0. The number of methoxy groups -OCH3 is 1. The minimum absolute atomic E-state index is 0. The molecular weight excluding hydrogens is 515 g/mol. The van der Waals surface area contributed by atoms with Crippen molar-refractivity contribution in [1.82, 2.24) is 10.2 Å². The van der Waals surface area contributed by atoms with Gasteiger partial charge in [-0.25, -0.2) is 8.42 Å². The number of sulfone groups is 1. The fraction of sp³-hybridized carbons (Fsp3) is 0.381. The van der Waals surface area contributed by atoms with Crippen molar-refractivity contribution in [3.63, 3.8) is 0 Å². The van der Waals surface area contributed by atoms with Crippen LogP contribution in [-0.2, 0) is 9.84 Å². The molecule has 0 atom stereocenters. The number of nitrogens with zero attached hydrogens (tertiary/aromatic N) is 3. The molecule has 7 nitrogen and oxygen atoms in total. The number of anilines is 1. The van der Waals surface area contributed by atoms with E-state index in [9.17, 15) is 8.42 Å². The van der Waals surface area contributed by atoms with Gasteiger partial charge in [0.05, 0.1) is 17.8 Å². The van der Waals surface area contributed by atoms with Crippen LogP contribution in [0.4, 0.5) is 5.69 Å². The van der Waals surface area contributed by atoms with Gasteiger partial charge in [-0.15, -0.1) is 24.0 Å². The van der Waals surface area contributed by atoms with E-state index in [-0.39, 0.29) is 29.7 Å². The van der Waals surface area contributed by atoms with Gasteiger partial charge in [0, 0.05) is 51.5 Å². The molecule has 0 saturated carbocycles. The lowest BCUT2D eigenvalue weighted by Crippen LogP contribution is -2.53. The molecule has 30 heavy (non-hydrogen) atoms. The van der Waals surface area contributed by atoms with Crippen molar-refractivity contribution in [2.75, 3.05) is 57.5 Å². The summed E-state index contributed by atoms with van der Waals surface area (Å²) in [5, 5.41) is 3.20. The lowest BCUT2D eigenvalue weighted by molar-refractivity contribution is 0.373. The van der Waals surface area contributed by atoms with Gasteiger partial charge in [0.25, 0.3) is 0 Å². The third kappa shape index (κ3) is 6.24. The van der Waals surface area contributed by atoms with E-state index in [2.05, 4.69) is 26.2 Å². The van der Waals surface area contributed by atoms with E-state index in [1.807, 2.05) is 24.3 Å². The van der Waals surface area contributed by atoms with Crippen LogP contribution in [0.1, 0.15) is 0 Å². The van der Waals surface area contributed by atoms with Crippen LogP contribution in [0.5, 0.6) is 5.75 Å². The third-order valence-electron chi connectivity index (χ3n) is 4.97. The number of nitrogens with one attached hydrogen (secondary N) is 1. The Morgan fingerprint density at radius 1 is 1.07 bits per heavy atom. The fourth-order valence-electron chi connectivity index (χ4n) is 3.36. The average Bonchev–Trinajstić information content (AvgIpc) is 2.77. The quantitative estimate of drug-likeness (QED) is 0.343. The highest BCUT2D eigenvalue weighted by Crippen LogP contribution is 2.22.